The van der Waals surface area contributed by atoms with Gasteiger partial charge >= 0.3 is 5.97 Å². The van der Waals surface area contributed by atoms with Crippen LogP contribution in [0.2, 0.25) is 0 Å². The summed E-state index contributed by atoms with van der Waals surface area (Å²) >= 11 is 0. The van der Waals surface area contributed by atoms with E-state index in [1.54, 1.807) is 30.6 Å². The van der Waals surface area contributed by atoms with E-state index in [9.17, 15) is 4.79 Å². The van der Waals surface area contributed by atoms with Crippen LogP contribution in [0.5, 0.6) is 0 Å². The van der Waals surface area contributed by atoms with Gasteiger partial charge in [0.25, 0.3) is 0 Å². The Morgan fingerprint density at radius 2 is 2.12 bits per heavy atom. The molecule has 2 rings (SSSR count). The number of hydrogen-bond donors (Lipinski definition) is 1. The topological polar surface area (TPSA) is 78.3 Å². The van der Waals surface area contributed by atoms with Crippen molar-refractivity contribution in [2.24, 2.45) is 0 Å². The lowest BCUT2D eigenvalue weighted by Crippen LogP contribution is -2.02. The number of aromatic nitrogens is 1. The molecule has 0 saturated carbocycles. The Morgan fingerprint density at radius 3 is 2.75 bits per heavy atom. The predicted molar refractivity (Wildman–Crippen MR) is 57.7 cm³/mol. The SMILES string of the molecule is COC(=O)c1oc(-c2ccncc2)cc1N. The van der Waals surface area contributed by atoms with Crippen LogP contribution in [0.25, 0.3) is 11.3 Å². The minimum atomic E-state index is -0.585. The van der Waals surface area contributed by atoms with E-state index in [0.29, 0.717) is 5.76 Å². The molecule has 82 valence electrons. The predicted octanol–water partition coefficient (Wildman–Crippen LogP) is 1.71. The first-order valence-corrected chi connectivity index (χ1v) is 4.60. The molecule has 5 nitrogen and oxygen atoms in total. The number of nitrogens with zero attached hydrogens (tertiary/aromatic N) is 1. The van der Waals surface area contributed by atoms with Crippen molar-refractivity contribution in [2.45, 2.75) is 0 Å². The van der Waals surface area contributed by atoms with E-state index in [1.807, 2.05) is 0 Å². The summed E-state index contributed by atoms with van der Waals surface area (Å²) in [7, 11) is 1.27. The van der Waals surface area contributed by atoms with Gasteiger partial charge in [-0.15, -0.1) is 0 Å². The van der Waals surface area contributed by atoms with Gasteiger partial charge in [-0.2, -0.15) is 0 Å². The average molecular weight is 218 g/mol. The van der Waals surface area contributed by atoms with Crippen LogP contribution < -0.4 is 5.73 Å². The first kappa shape index (κ1) is 10.2. The van der Waals surface area contributed by atoms with Gasteiger partial charge in [-0.25, -0.2) is 4.79 Å². The Bertz CT molecular complexity index is 505. The Kier molecular flexibility index (Phi) is 2.59. The van der Waals surface area contributed by atoms with Crippen molar-refractivity contribution in [1.29, 1.82) is 0 Å². The monoisotopic (exact) mass is 218 g/mol. The average Bonchev–Trinajstić information content (AvgIpc) is 2.71. The van der Waals surface area contributed by atoms with E-state index in [2.05, 4.69) is 9.72 Å². The van der Waals surface area contributed by atoms with Crippen LogP contribution in [0.15, 0.2) is 35.0 Å². The van der Waals surface area contributed by atoms with E-state index in [1.165, 1.54) is 7.11 Å². The lowest BCUT2D eigenvalue weighted by Gasteiger charge is -1.95. The number of pyridine rings is 1. The summed E-state index contributed by atoms with van der Waals surface area (Å²) in [6.45, 7) is 0. The fourth-order valence-corrected chi connectivity index (χ4v) is 1.32. The van der Waals surface area contributed by atoms with E-state index >= 15 is 0 Å². The molecule has 0 radical (unpaired) electrons. The number of nitrogens with two attached hydrogens (primary N) is 1. The highest BCUT2D eigenvalue weighted by Gasteiger charge is 2.17. The van der Waals surface area contributed by atoms with Gasteiger partial charge in [0.1, 0.15) is 5.76 Å². The minimum absolute atomic E-state index is 0.0225. The number of hydrogen-bond acceptors (Lipinski definition) is 5. The van der Waals surface area contributed by atoms with Crippen molar-refractivity contribution < 1.29 is 13.9 Å². The number of carbonyl (C=O) groups is 1. The van der Waals surface area contributed by atoms with Crippen LogP contribution in [0.1, 0.15) is 10.6 Å². The number of esters is 1. The second kappa shape index (κ2) is 4.06. The van der Waals surface area contributed by atoms with Gasteiger partial charge in [0, 0.05) is 24.0 Å². The highest BCUT2D eigenvalue weighted by Crippen LogP contribution is 2.27. The fourth-order valence-electron chi connectivity index (χ4n) is 1.32. The number of ether oxygens (including phenoxy) is 1. The highest BCUT2D eigenvalue weighted by atomic mass is 16.5. The number of methoxy groups -OCH3 is 1. The van der Waals surface area contributed by atoms with Crippen molar-refractivity contribution in [3.05, 3.63) is 36.4 Å². The molecule has 0 amide bonds. The quantitative estimate of drug-likeness (QED) is 0.776. The third-order valence-corrected chi connectivity index (χ3v) is 2.10. The molecule has 2 heterocycles. The van der Waals surface area contributed by atoms with Crippen LogP contribution in [0.4, 0.5) is 5.69 Å². The van der Waals surface area contributed by atoms with Crippen molar-refractivity contribution in [2.75, 3.05) is 12.8 Å². The molecule has 0 spiro atoms. The van der Waals surface area contributed by atoms with Crippen LogP contribution in [-0.4, -0.2) is 18.1 Å². The van der Waals surface area contributed by atoms with Gasteiger partial charge in [-0.3, -0.25) is 4.98 Å². The minimum Gasteiger partial charge on any atom is -0.463 e. The summed E-state index contributed by atoms with van der Waals surface area (Å²) in [5, 5.41) is 0. The smallest absolute Gasteiger partial charge is 0.376 e. The molecular weight excluding hydrogens is 208 g/mol. The molecule has 2 aromatic heterocycles. The molecule has 0 atom stereocenters. The fraction of sp³-hybridized carbons (Fsp3) is 0.0909. The molecule has 0 aromatic carbocycles. The number of furan rings is 1. The zero-order chi connectivity index (χ0) is 11.5. The van der Waals surface area contributed by atoms with Crippen molar-refractivity contribution >= 4 is 11.7 Å². The molecule has 2 aromatic rings. The second-order valence-electron chi connectivity index (χ2n) is 3.12. The largest absolute Gasteiger partial charge is 0.463 e. The molecule has 0 aliphatic carbocycles. The van der Waals surface area contributed by atoms with Crippen LogP contribution >= 0.6 is 0 Å². The molecule has 0 aliphatic heterocycles. The zero-order valence-electron chi connectivity index (χ0n) is 8.64. The second-order valence-corrected chi connectivity index (χ2v) is 3.12. The first-order chi connectivity index (χ1) is 7.72. The standard InChI is InChI=1S/C11H10N2O3/c1-15-11(14)10-8(12)6-9(16-10)7-2-4-13-5-3-7/h2-6H,12H2,1H3. The maximum atomic E-state index is 11.3. The molecule has 16 heavy (non-hydrogen) atoms. The molecule has 5 heteroatoms. The summed E-state index contributed by atoms with van der Waals surface area (Å²) in [4.78, 5) is 15.2. The normalized spacial score (nSPS) is 10.1. The Labute approximate surface area is 91.8 Å². The lowest BCUT2D eigenvalue weighted by atomic mass is 10.2. The van der Waals surface area contributed by atoms with Crippen LogP contribution in [-0.2, 0) is 4.74 Å². The summed E-state index contributed by atoms with van der Waals surface area (Å²) in [6, 6.07) is 5.11. The molecule has 0 saturated heterocycles. The third kappa shape index (κ3) is 1.75. The summed E-state index contributed by atoms with van der Waals surface area (Å²) < 4.78 is 9.87. The molecular formula is C11H10N2O3. The van der Waals surface area contributed by atoms with Crippen molar-refractivity contribution in [1.82, 2.24) is 4.98 Å². The molecule has 0 unspecified atom stereocenters. The molecule has 0 aliphatic rings. The first-order valence-electron chi connectivity index (χ1n) is 4.60. The number of rotatable bonds is 2. The van der Waals surface area contributed by atoms with Gasteiger partial charge in [0.15, 0.2) is 0 Å². The van der Waals surface area contributed by atoms with Gasteiger partial charge in [0.2, 0.25) is 5.76 Å². The van der Waals surface area contributed by atoms with E-state index in [4.69, 9.17) is 10.2 Å². The highest BCUT2D eigenvalue weighted by molar-refractivity contribution is 5.93. The summed E-state index contributed by atoms with van der Waals surface area (Å²) in [5.74, 6) is -0.0487. The maximum Gasteiger partial charge on any atom is 0.376 e. The van der Waals surface area contributed by atoms with Crippen molar-refractivity contribution in [3.8, 4) is 11.3 Å². The lowest BCUT2D eigenvalue weighted by molar-refractivity contribution is 0.0568. The van der Waals surface area contributed by atoms with E-state index < -0.39 is 5.97 Å². The molecule has 0 bridgehead atoms. The molecule has 0 fully saturated rings. The third-order valence-electron chi connectivity index (χ3n) is 2.10. The Balaban J connectivity index is 2.42. The van der Waals surface area contributed by atoms with Gasteiger partial charge in [-0.05, 0) is 12.1 Å². The molecule has 2 N–H and O–H groups in total. The number of nitrogen functional groups attached to an aromatic ring is 1. The van der Waals surface area contributed by atoms with Gasteiger partial charge in [-0.1, -0.05) is 0 Å². The van der Waals surface area contributed by atoms with E-state index in [-0.39, 0.29) is 11.4 Å². The van der Waals surface area contributed by atoms with Gasteiger partial charge < -0.3 is 14.9 Å². The summed E-state index contributed by atoms with van der Waals surface area (Å²) in [6.07, 6.45) is 3.26. The zero-order valence-corrected chi connectivity index (χ0v) is 8.64. The number of carbonyl (C=O) groups excluding carboxylic acids is 1. The Hall–Kier alpha value is -2.30. The van der Waals surface area contributed by atoms with Crippen LogP contribution in [0.3, 0.4) is 0 Å². The maximum absolute atomic E-state index is 11.3. The van der Waals surface area contributed by atoms with Gasteiger partial charge in [0.05, 0.1) is 12.8 Å². The summed E-state index contributed by atoms with van der Waals surface area (Å²) in [5.41, 5.74) is 6.71. The van der Waals surface area contributed by atoms with Crippen LogP contribution in [0, 0.1) is 0 Å². The Morgan fingerprint density at radius 1 is 1.44 bits per heavy atom. The van der Waals surface area contributed by atoms with E-state index in [0.717, 1.165) is 5.56 Å². The number of anilines is 1. The van der Waals surface area contributed by atoms with Crippen molar-refractivity contribution in [3.63, 3.8) is 0 Å².